The fourth-order valence-corrected chi connectivity index (χ4v) is 2.20. The number of pyridine rings is 1. The van der Waals surface area contributed by atoms with Gasteiger partial charge in [-0.05, 0) is 36.6 Å². The molecule has 1 heterocycles. The average Bonchev–Trinajstić information content (AvgIpc) is 2.44. The number of nitrogens with zero attached hydrogens (tertiary/aromatic N) is 1. The van der Waals surface area contributed by atoms with Crippen molar-refractivity contribution in [1.29, 1.82) is 0 Å². The topological polar surface area (TPSA) is 50.9 Å². The van der Waals surface area contributed by atoms with Crippen molar-refractivity contribution in [2.24, 2.45) is 5.84 Å². The third kappa shape index (κ3) is 3.50. The fourth-order valence-electron chi connectivity index (χ4n) is 2.00. The minimum Gasteiger partial charge on any atom is -0.271 e. The Balaban J connectivity index is 2.16. The first-order chi connectivity index (χ1) is 9.61. The van der Waals surface area contributed by atoms with Crippen LogP contribution in [0.5, 0.6) is 0 Å². The van der Waals surface area contributed by atoms with Gasteiger partial charge in [0, 0.05) is 24.0 Å². The van der Waals surface area contributed by atoms with E-state index in [0.29, 0.717) is 11.4 Å². The zero-order chi connectivity index (χ0) is 14.5. The molecule has 1 unspecified atom stereocenters. The Labute approximate surface area is 120 Å². The lowest BCUT2D eigenvalue weighted by atomic mass is 9.99. The molecule has 1 aromatic heterocycles. The first-order valence-corrected chi connectivity index (χ1v) is 6.47. The van der Waals surface area contributed by atoms with Gasteiger partial charge in [-0.1, -0.05) is 17.7 Å². The molecule has 0 aliphatic rings. The summed E-state index contributed by atoms with van der Waals surface area (Å²) in [6.07, 6.45) is 3.71. The molecule has 0 saturated heterocycles. The molecule has 0 bridgehead atoms. The molecule has 6 heteroatoms. The Morgan fingerprint density at radius 3 is 2.50 bits per heavy atom. The Hall–Kier alpha value is -1.56. The first-order valence-electron chi connectivity index (χ1n) is 6.09. The molecule has 2 rings (SSSR count). The van der Waals surface area contributed by atoms with Crippen molar-refractivity contribution in [3.63, 3.8) is 0 Å². The highest BCUT2D eigenvalue weighted by molar-refractivity contribution is 6.31. The highest BCUT2D eigenvalue weighted by Crippen LogP contribution is 2.19. The summed E-state index contributed by atoms with van der Waals surface area (Å²) in [7, 11) is 0. The summed E-state index contributed by atoms with van der Waals surface area (Å²) in [5.74, 6) is 4.31. The normalized spacial score (nSPS) is 12.4. The molecule has 0 spiro atoms. The van der Waals surface area contributed by atoms with Gasteiger partial charge in [0.15, 0.2) is 0 Å². The van der Waals surface area contributed by atoms with Gasteiger partial charge in [0.25, 0.3) is 0 Å². The second-order valence-corrected chi connectivity index (χ2v) is 4.85. The van der Waals surface area contributed by atoms with Crippen LogP contribution >= 0.6 is 11.6 Å². The average molecular weight is 298 g/mol. The van der Waals surface area contributed by atoms with Crippen molar-refractivity contribution < 1.29 is 8.78 Å². The van der Waals surface area contributed by atoms with Crippen molar-refractivity contribution in [2.45, 2.75) is 18.9 Å². The summed E-state index contributed by atoms with van der Waals surface area (Å²) in [5, 5.41) is 0.502. The van der Waals surface area contributed by atoms with E-state index in [9.17, 15) is 8.78 Å². The van der Waals surface area contributed by atoms with Crippen LogP contribution in [0.4, 0.5) is 8.78 Å². The quantitative estimate of drug-likeness (QED) is 0.659. The van der Waals surface area contributed by atoms with Crippen LogP contribution in [0, 0.1) is 11.6 Å². The molecule has 1 aromatic carbocycles. The molecule has 0 aliphatic heterocycles. The summed E-state index contributed by atoms with van der Waals surface area (Å²) in [6.45, 7) is 0. The number of hydrazine groups is 1. The van der Waals surface area contributed by atoms with Crippen molar-refractivity contribution >= 4 is 11.6 Å². The van der Waals surface area contributed by atoms with Crippen LogP contribution in [-0.4, -0.2) is 11.0 Å². The van der Waals surface area contributed by atoms with E-state index in [1.807, 2.05) is 0 Å². The molecular weight excluding hydrogens is 284 g/mol. The molecular formula is C14H14ClF2N3. The number of benzene rings is 1. The number of nitrogens with two attached hydrogens (primary N) is 1. The van der Waals surface area contributed by atoms with Gasteiger partial charge in [0.2, 0.25) is 0 Å². The van der Waals surface area contributed by atoms with Crippen molar-refractivity contribution in [1.82, 2.24) is 10.4 Å². The maximum atomic E-state index is 13.6. The summed E-state index contributed by atoms with van der Waals surface area (Å²) in [6, 6.07) is 5.21. The molecule has 2 aromatic rings. The van der Waals surface area contributed by atoms with E-state index >= 15 is 0 Å². The molecule has 0 saturated carbocycles. The molecule has 1 atom stereocenters. The zero-order valence-corrected chi connectivity index (χ0v) is 11.4. The lowest BCUT2D eigenvalue weighted by Crippen LogP contribution is -2.39. The molecule has 106 valence electrons. The second kappa shape index (κ2) is 6.74. The molecule has 3 N–H and O–H groups in total. The van der Waals surface area contributed by atoms with Crippen LogP contribution in [-0.2, 0) is 12.8 Å². The molecule has 3 nitrogen and oxygen atoms in total. The number of halogens is 3. The zero-order valence-electron chi connectivity index (χ0n) is 10.6. The van der Waals surface area contributed by atoms with Crippen LogP contribution in [0.25, 0.3) is 0 Å². The largest absolute Gasteiger partial charge is 0.271 e. The van der Waals surface area contributed by atoms with Gasteiger partial charge < -0.3 is 0 Å². The van der Waals surface area contributed by atoms with Gasteiger partial charge in [-0.15, -0.1) is 0 Å². The maximum Gasteiger partial charge on any atom is 0.129 e. The van der Waals surface area contributed by atoms with E-state index in [2.05, 4.69) is 10.4 Å². The number of rotatable bonds is 5. The number of aromatic nitrogens is 1. The maximum absolute atomic E-state index is 13.6. The van der Waals surface area contributed by atoms with Crippen LogP contribution in [0.3, 0.4) is 0 Å². The van der Waals surface area contributed by atoms with E-state index in [4.69, 9.17) is 17.4 Å². The SMILES string of the molecule is NNC(Cc1ccncc1Cl)Cc1c(F)cccc1F. The van der Waals surface area contributed by atoms with E-state index in [0.717, 1.165) is 5.56 Å². The van der Waals surface area contributed by atoms with Gasteiger partial charge in [-0.2, -0.15) is 0 Å². The van der Waals surface area contributed by atoms with Gasteiger partial charge in [0.05, 0.1) is 5.02 Å². The lowest BCUT2D eigenvalue weighted by molar-refractivity contribution is 0.484. The smallest absolute Gasteiger partial charge is 0.129 e. The summed E-state index contributed by atoms with van der Waals surface area (Å²) in [4.78, 5) is 3.89. The van der Waals surface area contributed by atoms with Crippen molar-refractivity contribution in [3.8, 4) is 0 Å². The standard InChI is InChI=1S/C14H14ClF2N3/c15-12-8-19-5-4-9(12)6-10(20-18)7-11-13(16)2-1-3-14(11)17/h1-5,8,10,20H,6-7,18H2. The van der Waals surface area contributed by atoms with Crippen LogP contribution < -0.4 is 11.3 Å². The monoisotopic (exact) mass is 297 g/mol. The predicted octanol–water partition coefficient (Wildman–Crippen LogP) is 2.63. The van der Waals surface area contributed by atoms with Gasteiger partial charge >= 0.3 is 0 Å². The third-order valence-corrected chi connectivity index (χ3v) is 3.41. The van der Waals surface area contributed by atoms with Crippen LogP contribution in [0.1, 0.15) is 11.1 Å². The van der Waals surface area contributed by atoms with E-state index in [-0.39, 0.29) is 18.0 Å². The molecule has 0 fully saturated rings. The Morgan fingerprint density at radius 2 is 1.90 bits per heavy atom. The lowest BCUT2D eigenvalue weighted by Gasteiger charge is -2.17. The molecule has 0 amide bonds. The summed E-state index contributed by atoms with van der Waals surface area (Å²) < 4.78 is 27.2. The molecule has 0 aliphatic carbocycles. The number of hydrogen-bond acceptors (Lipinski definition) is 3. The summed E-state index contributed by atoms with van der Waals surface area (Å²) in [5.41, 5.74) is 3.40. The van der Waals surface area contributed by atoms with Crippen LogP contribution in [0.2, 0.25) is 5.02 Å². The second-order valence-electron chi connectivity index (χ2n) is 4.44. The number of nitrogens with one attached hydrogen (secondary N) is 1. The fraction of sp³-hybridized carbons (Fsp3) is 0.214. The Morgan fingerprint density at radius 1 is 1.20 bits per heavy atom. The first kappa shape index (κ1) is 14.8. The highest BCUT2D eigenvalue weighted by Gasteiger charge is 2.16. The van der Waals surface area contributed by atoms with E-state index < -0.39 is 11.6 Å². The minimum atomic E-state index is -0.578. The minimum absolute atomic E-state index is 0.0145. The van der Waals surface area contributed by atoms with Crippen molar-refractivity contribution in [2.75, 3.05) is 0 Å². The van der Waals surface area contributed by atoms with E-state index in [1.165, 1.54) is 24.4 Å². The molecule has 0 radical (unpaired) electrons. The molecule has 20 heavy (non-hydrogen) atoms. The number of hydrogen-bond donors (Lipinski definition) is 2. The van der Waals surface area contributed by atoms with Gasteiger partial charge in [-0.3, -0.25) is 16.3 Å². The van der Waals surface area contributed by atoms with Crippen molar-refractivity contribution in [3.05, 3.63) is 64.4 Å². The van der Waals surface area contributed by atoms with Gasteiger partial charge in [0.1, 0.15) is 11.6 Å². The van der Waals surface area contributed by atoms with Gasteiger partial charge in [-0.25, -0.2) is 8.78 Å². The Bertz CT molecular complexity index is 572. The third-order valence-electron chi connectivity index (χ3n) is 3.07. The van der Waals surface area contributed by atoms with Crippen LogP contribution in [0.15, 0.2) is 36.7 Å². The summed E-state index contributed by atoms with van der Waals surface area (Å²) >= 11 is 6.01. The van der Waals surface area contributed by atoms with E-state index in [1.54, 1.807) is 12.3 Å². The predicted molar refractivity (Wildman–Crippen MR) is 74.1 cm³/mol. The highest BCUT2D eigenvalue weighted by atomic mass is 35.5. The Kier molecular flexibility index (Phi) is 5.00.